The highest BCUT2D eigenvalue weighted by Gasteiger charge is 2.44. The van der Waals surface area contributed by atoms with Crippen LogP contribution in [0.4, 0.5) is 0 Å². The molecule has 1 amide bonds. The maximum Gasteiger partial charge on any atom is 0.264 e. The van der Waals surface area contributed by atoms with E-state index in [1.165, 1.54) is 11.5 Å². The van der Waals surface area contributed by atoms with Gasteiger partial charge in [0, 0.05) is 54.0 Å². The zero-order valence-electron chi connectivity index (χ0n) is 19.9. The number of hydrogen-bond acceptors (Lipinski definition) is 8. The van der Waals surface area contributed by atoms with Crippen LogP contribution in [0.15, 0.2) is 41.5 Å². The van der Waals surface area contributed by atoms with Crippen molar-refractivity contribution in [2.75, 3.05) is 12.9 Å². The van der Waals surface area contributed by atoms with Gasteiger partial charge in [-0.25, -0.2) is 23.7 Å². The number of thiazole rings is 1. The number of amides is 1. The minimum atomic E-state index is -3.83. The minimum Gasteiger partial charge on any atom is -0.350 e. The number of aryl methyl sites for hydroxylation is 2. The number of pyridine rings is 1. The van der Waals surface area contributed by atoms with Crippen LogP contribution >= 0.6 is 11.3 Å². The zero-order chi connectivity index (χ0) is 25.2. The Balaban J connectivity index is 1.52. The molecule has 1 aliphatic heterocycles. The number of hydroxylamine groups is 1. The lowest BCUT2D eigenvalue weighted by Gasteiger charge is -2.28. The highest BCUT2D eigenvalue weighted by molar-refractivity contribution is 7.92. The summed E-state index contributed by atoms with van der Waals surface area (Å²) in [6, 6.07) is 7.33. The summed E-state index contributed by atoms with van der Waals surface area (Å²) in [6.45, 7) is 3.90. The zero-order valence-corrected chi connectivity index (χ0v) is 21.6. The fourth-order valence-corrected chi connectivity index (χ4v) is 5.52. The summed E-state index contributed by atoms with van der Waals surface area (Å²) in [4.78, 5) is 36.8. The molecule has 2 aromatic heterocycles. The van der Waals surface area contributed by atoms with E-state index in [9.17, 15) is 18.0 Å². The molecule has 0 spiro atoms. The Kier molecular flexibility index (Phi) is 7.41. The molecule has 9 nitrogen and oxygen atoms in total. The number of sulfone groups is 1. The lowest BCUT2D eigenvalue weighted by atomic mass is 10.1. The van der Waals surface area contributed by atoms with Crippen LogP contribution < -0.4 is 11.0 Å². The number of aromatic nitrogens is 2. The van der Waals surface area contributed by atoms with Crippen LogP contribution in [0.1, 0.15) is 37.5 Å². The van der Waals surface area contributed by atoms with E-state index in [4.69, 9.17) is 9.57 Å². The van der Waals surface area contributed by atoms with Crippen molar-refractivity contribution < 1.29 is 22.8 Å². The van der Waals surface area contributed by atoms with E-state index in [1.54, 1.807) is 23.6 Å². The van der Waals surface area contributed by atoms with Gasteiger partial charge in [0.15, 0.2) is 20.9 Å². The Hall–Kier alpha value is -2.60. The average Bonchev–Trinajstić information content (AvgIpc) is 3.28. The second kappa shape index (κ2) is 10.2. The van der Waals surface area contributed by atoms with Crippen molar-refractivity contribution in [3.63, 3.8) is 0 Å². The first kappa shape index (κ1) is 25.5. The smallest absolute Gasteiger partial charge is 0.264 e. The standard InChI is InChI=1S/C24H29N3O6S2/c1-16-15-25-21(34-16)18-7-8-19-17(14-18)9-11-27(22(19)28)12-10-24(2,35(3,30)31)23(29)26-33-20-6-4-5-13-32-20/h7-9,11,14-15,20H,4-6,10,12-13H2,1-3H3,(H,26,29). The number of carbonyl (C=O) groups excluding carboxylic acids is 1. The van der Waals surface area contributed by atoms with Crippen LogP contribution in [0.3, 0.4) is 0 Å². The number of rotatable bonds is 8. The van der Waals surface area contributed by atoms with Gasteiger partial charge in [0.1, 0.15) is 5.01 Å². The van der Waals surface area contributed by atoms with Gasteiger partial charge in [-0.15, -0.1) is 11.3 Å². The summed E-state index contributed by atoms with van der Waals surface area (Å²) < 4.78 is 30.3. The molecular weight excluding hydrogens is 490 g/mol. The summed E-state index contributed by atoms with van der Waals surface area (Å²) >= 11 is 1.58. The van der Waals surface area contributed by atoms with E-state index < -0.39 is 26.8 Å². The second-order valence-corrected chi connectivity index (χ2v) is 12.7. The molecule has 11 heteroatoms. The SMILES string of the molecule is Cc1cnc(-c2ccc3c(=O)n(CCC(C)(C(=O)NOC4CCCCO4)S(C)(=O)=O)ccc3c2)s1. The van der Waals surface area contributed by atoms with Crippen molar-refractivity contribution in [2.24, 2.45) is 0 Å². The molecule has 188 valence electrons. The molecule has 3 heterocycles. The minimum absolute atomic E-state index is 0.0408. The molecule has 1 aromatic carbocycles. The van der Waals surface area contributed by atoms with Gasteiger partial charge >= 0.3 is 0 Å². The fourth-order valence-electron chi connectivity index (χ4n) is 3.92. The Labute approximate surface area is 208 Å². The van der Waals surface area contributed by atoms with Crippen LogP contribution in [-0.4, -0.2) is 47.8 Å². The summed E-state index contributed by atoms with van der Waals surface area (Å²) in [7, 11) is -3.83. The fraction of sp³-hybridized carbons (Fsp3) is 0.458. The molecule has 1 saturated heterocycles. The lowest BCUT2D eigenvalue weighted by Crippen LogP contribution is -2.51. The molecule has 4 rings (SSSR count). The molecule has 0 aliphatic carbocycles. The Morgan fingerprint density at radius 3 is 2.80 bits per heavy atom. The van der Waals surface area contributed by atoms with Crippen molar-refractivity contribution in [3.05, 3.63) is 51.9 Å². The Bertz CT molecular complexity index is 1390. The predicted octanol–water partition coefficient (Wildman–Crippen LogP) is 3.20. The quantitative estimate of drug-likeness (QED) is 0.454. The Morgan fingerprint density at radius 1 is 1.34 bits per heavy atom. The summed E-state index contributed by atoms with van der Waals surface area (Å²) in [5, 5.41) is 2.15. The second-order valence-electron chi connectivity index (χ2n) is 8.99. The number of nitrogens with one attached hydrogen (secondary N) is 1. The molecule has 1 N–H and O–H groups in total. The average molecular weight is 520 g/mol. The highest BCUT2D eigenvalue weighted by atomic mass is 32.2. The normalized spacial score (nSPS) is 18.3. The molecule has 0 saturated carbocycles. The van der Waals surface area contributed by atoms with Crippen LogP contribution in [0, 0.1) is 6.92 Å². The molecule has 2 atom stereocenters. The number of fused-ring (bicyclic) bond motifs is 1. The largest absolute Gasteiger partial charge is 0.350 e. The molecule has 1 aliphatic rings. The van der Waals surface area contributed by atoms with E-state index in [0.29, 0.717) is 18.4 Å². The van der Waals surface area contributed by atoms with Crippen LogP contribution in [0.25, 0.3) is 21.3 Å². The molecule has 35 heavy (non-hydrogen) atoms. The Morgan fingerprint density at radius 2 is 2.14 bits per heavy atom. The van der Waals surface area contributed by atoms with Gasteiger partial charge in [-0.05, 0) is 56.7 Å². The number of hydrogen-bond donors (Lipinski definition) is 1. The van der Waals surface area contributed by atoms with E-state index >= 15 is 0 Å². The molecule has 3 aromatic rings. The predicted molar refractivity (Wildman–Crippen MR) is 135 cm³/mol. The van der Waals surface area contributed by atoms with Gasteiger partial charge in [-0.1, -0.05) is 6.07 Å². The molecule has 0 radical (unpaired) electrons. The summed E-state index contributed by atoms with van der Waals surface area (Å²) in [5.41, 5.74) is 2.94. The molecule has 2 unspecified atom stereocenters. The van der Waals surface area contributed by atoms with Gasteiger partial charge in [0.05, 0.1) is 0 Å². The summed E-state index contributed by atoms with van der Waals surface area (Å²) in [6.07, 6.45) is 6.17. The van der Waals surface area contributed by atoms with Crippen molar-refractivity contribution in [2.45, 2.75) is 57.1 Å². The first-order valence-corrected chi connectivity index (χ1v) is 14.1. The van der Waals surface area contributed by atoms with E-state index in [1.807, 2.05) is 31.3 Å². The van der Waals surface area contributed by atoms with E-state index in [2.05, 4.69) is 10.5 Å². The first-order valence-electron chi connectivity index (χ1n) is 11.4. The third-order valence-corrected chi connectivity index (χ3v) is 9.38. The highest BCUT2D eigenvalue weighted by Crippen LogP contribution is 2.27. The molecule has 1 fully saturated rings. The van der Waals surface area contributed by atoms with Crippen LogP contribution in [0.5, 0.6) is 0 Å². The maximum atomic E-state index is 13.1. The van der Waals surface area contributed by atoms with Gasteiger partial charge in [0.2, 0.25) is 0 Å². The molecular formula is C24H29N3O6S2. The van der Waals surface area contributed by atoms with Gasteiger partial charge in [-0.2, -0.15) is 0 Å². The van der Waals surface area contributed by atoms with E-state index in [0.717, 1.165) is 39.9 Å². The first-order chi connectivity index (χ1) is 16.6. The van der Waals surface area contributed by atoms with Crippen molar-refractivity contribution in [1.29, 1.82) is 0 Å². The van der Waals surface area contributed by atoms with Crippen LogP contribution in [0.2, 0.25) is 0 Å². The third kappa shape index (κ3) is 5.48. The van der Waals surface area contributed by atoms with Crippen LogP contribution in [-0.2, 0) is 30.8 Å². The van der Waals surface area contributed by atoms with Gasteiger partial charge in [0.25, 0.3) is 11.5 Å². The maximum absolute atomic E-state index is 13.1. The van der Waals surface area contributed by atoms with Crippen molar-refractivity contribution >= 4 is 37.9 Å². The lowest BCUT2D eigenvalue weighted by molar-refractivity contribution is -0.201. The topological polar surface area (TPSA) is 117 Å². The summed E-state index contributed by atoms with van der Waals surface area (Å²) in [5.74, 6) is -0.786. The number of ether oxygens (including phenoxy) is 1. The number of nitrogens with zero attached hydrogens (tertiary/aromatic N) is 2. The van der Waals surface area contributed by atoms with Gasteiger partial charge in [-0.3, -0.25) is 9.59 Å². The van der Waals surface area contributed by atoms with Crippen molar-refractivity contribution in [3.8, 4) is 10.6 Å². The van der Waals surface area contributed by atoms with Gasteiger partial charge < -0.3 is 9.30 Å². The monoisotopic (exact) mass is 519 g/mol. The van der Waals surface area contributed by atoms with E-state index in [-0.39, 0.29) is 18.5 Å². The number of carbonyl (C=O) groups is 1. The molecule has 0 bridgehead atoms. The number of benzene rings is 1. The third-order valence-electron chi connectivity index (χ3n) is 6.39. The van der Waals surface area contributed by atoms with Crippen molar-refractivity contribution in [1.82, 2.24) is 15.0 Å².